The molecule has 0 atom stereocenters. The summed E-state index contributed by atoms with van der Waals surface area (Å²) >= 11 is 0. The van der Waals surface area contributed by atoms with E-state index in [-0.39, 0.29) is 11.4 Å². The van der Waals surface area contributed by atoms with E-state index in [0.717, 1.165) is 32.0 Å². The van der Waals surface area contributed by atoms with Crippen molar-refractivity contribution >= 4 is 0 Å². The molecule has 3 nitrogen and oxygen atoms in total. The average molecular weight is 289 g/mol. The number of alkyl halides is 3. The zero-order valence-corrected chi connectivity index (χ0v) is 11.5. The van der Waals surface area contributed by atoms with Crippen LogP contribution in [0.25, 0.3) is 0 Å². The van der Waals surface area contributed by atoms with Crippen LogP contribution in [0.3, 0.4) is 0 Å². The third-order valence-electron chi connectivity index (χ3n) is 3.50. The van der Waals surface area contributed by atoms with Gasteiger partial charge >= 0.3 is 6.18 Å². The van der Waals surface area contributed by atoms with Gasteiger partial charge in [-0.05, 0) is 45.0 Å². The zero-order chi connectivity index (χ0) is 14.8. The van der Waals surface area contributed by atoms with Crippen molar-refractivity contribution in [2.75, 3.05) is 20.2 Å². The van der Waals surface area contributed by atoms with Crippen LogP contribution in [0.15, 0.2) is 18.2 Å². The minimum Gasteiger partial charge on any atom is -0.496 e. The number of ether oxygens (including phenoxy) is 2. The van der Waals surface area contributed by atoms with Crippen LogP contribution in [-0.4, -0.2) is 25.8 Å². The smallest absolute Gasteiger partial charge is 0.419 e. The molecule has 2 rings (SSSR count). The summed E-state index contributed by atoms with van der Waals surface area (Å²) in [4.78, 5) is 0. The van der Waals surface area contributed by atoms with Crippen molar-refractivity contribution in [3.05, 3.63) is 23.8 Å². The van der Waals surface area contributed by atoms with Gasteiger partial charge in [0.15, 0.2) is 0 Å². The van der Waals surface area contributed by atoms with E-state index in [2.05, 4.69) is 5.32 Å². The van der Waals surface area contributed by atoms with Gasteiger partial charge in [0.2, 0.25) is 0 Å². The lowest BCUT2D eigenvalue weighted by Gasteiger charge is -2.34. The molecule has 112 valence electrons. The number of methoxy groups -OCH3 is 1. The van der Waals surface area contributed by atoms with E-state index >= 15 is 0 Å². The number of halogens is 3. The minimum atomic E-state index is -4.43. The summed E-state index contributed by atoms with van der Waals surface area (Å²) in [5.74, 6) is 0.187. The first-order valence-corrected chi connectivity index (χ1v) is 6.49. The number of piperidine rings is 1. The third kappa shape index (κ3) is 3.36. The summed E-state index contributed by atoms with van der Waals surface area (Å²) in [6.07, 6.45) is -2.80. The van der Waals surface area contributed by atoms with E-state index in [1.54, 1.807) is 0 Å². The molecule has 1 aromatic rings. The standard InChI is InChI=1S/C14H18F3NO2/c1-13(5-7-18-8-6-13)20-10-3-4-11(14(15,16)17)12(9-10)19-2/h3-4,9,18H,5-8H2,1-2H3. The van der Waals surface area contributed by atoms with Gasteiger partial charge in [0.1, 0.15) is 17.1 Å². The largest absolute Gasteiger partial charge is 0.496 e. The first-order chi connectivity index (χ1) is 9.34. The molecule has 0 saturated carbocycles. The maximum absolute atomic E-state index is 12.8. The summed E-state index contributed by atoms with van der Waals surface area (Å²) in [5, 5.41) is 3.22. The van der Waals surface area contributed by atoms with Crippen molar-refractivity contribution in [3.8, 4) is 11.5 Å². The van der Waals surface area contributed by atoms with Gasteiger partial charge in [-0.15, -0.1) is 0 Å². The fourth-order valence-corrected chi connectivity index (χ4v) is 2.31. The molecule has 6 heteroatoms. The lowest BCUT2D eigenvalue weighted by atomic mass is 9.94. The van der Waals surface area contributed by atoms with E-state index in [0.29, 0.717) is 5.75 Å². The summed E-state index contributed by atoms with van der Waals surface area (Å²) in [5.41, 5.74) is -1.14. The molecule has 1 N–H and O–H groups in total. The Morgan fingerprint density at radius 3 is 2.40 bits per heavy atom. The van der Waals surface area contributed by atoms with Gasteiger partial charge in [0, 0.05) is 6.07 Å². The van der Waals surface area contributed by atoms with Gasteiger partial charge in [-0.1, -0.05) is 0 Å². The van der Waals surface area contributed by atoms with Gasteiger partial charge in [-0.25, -0.2) is 0 Å². The molecule has 0 amide bonds. The first-order valence-electron chi connectivity index (χ1n) is 6.49. The second kappa shape index (κ2) is 5.52. The van der Waals surface area contributed by atoms with Crippen molar-refractivity contribution < 1.29 is 22.6 Å². The fraction of sp³-hybridized carbons (Fsp3) is 0.571. The van der Waals surface area contributed by atoms with Crippen LogP contribution in [0.2, 0.25) is 0 Å². The molecule has 0 aromatic heterocycles. The minimum absolute atomic E-state index is 0.215. The lowest BCUT2D eigenvalue weighted by Crippen LogP contribution is -2.43. The fourth-order valence-electron chi connectivity index (χ4n) is 2.31. The van der Waals surface area contributed by atoms with Crippen LogP contribution in [0, 0.1) is 0 Å². The molecule has 0 unspecified atom stereocenters. The molecule has 20 heavy (non-hydrogen) atoms. The summed E-state index contributed by atoms with van der Waals surface area (Å²) < 4.78 is 49.0. The van der Waals surface area contributed by atoms with Crippen LogP contribution in [0.4, 0.5) is 13.2 Å². The topological polar surface area (TPSA) is 30.5 Å². The Bertz CT molecular complexity index is 468. The Morgan fingerprint density at radius 1 is 1.20 bits per heavy atom. The Labute approximate surface area is 116 Å². The number of hydrogen-bond acceptors (Lipinski definition) is 3. The number of rotatable bonds is 3. The highest BCUT2D eigenvalue weighted by Crippen LogP contribution is 2.39. The predicted molar refractivity (Wildman–Crippen MR) is 69.1 cm³/mol. The monoisotopic (exact) mass is 289 g/mol. The molecular formula is C14H18F3NO2. The van der Waals surface area contributed by atoms with E-state index in [4.69, 9.17) is 9.47 Å². The van der Waals surface area contributed by atoms with Crippen molar-refractivity contribution in [2.24, 2.45) is 0 Å². The first kappa shape index (κ1) is 15.0. The second-order valence-electron chi connectivity index (χ2n) is 5.16. The average Bonchev–Trinajstić information content (AvgIpc) is 2.37. The van der Waals surface area contributed by atoms with E-state index in [1.165, 1.54) is 19.2 Å². The van der Waals surface area contributed by atoms with Gasteiger partial charge < -0.3 is 14.8 Å². The highest BCUT2D eigenvalue weighted by Gasteiger charge is 2.35. The van der Waals surface area contributed by atoms with E-state index in [9.17, 15) is 13.2 Å². The van der Waals surface area contributed by atoms with Gasteiger partial charge in [0.05, 0.1) is 12.7 Å². The molecule has 1 saturated heterocycles. The van der Waals surface area contributed by atoms with Gasteiger partial charge in [0.25, 0.3) is 0 Å². The molecule has 1 fully saturated rings. The number of hydrogen-bond donors (Lipinski definition) is 1. The molecule has 0 aliphatic carbocycles. The number of nitrogens with one attached hydrogen (secondary N) is 1. The summed E-state index contributed by atoms with van der Waals surface area (Å²) in [6, 6.07) is 3.65. The van der Waals surface area contributed by atoms with Gasteiger partial charge in [-0.3, -0.25) is 0 Å². The van der Waals surface area contributed by atoms with Crippen molar-refractivity contribution in [2.45, 2.75) is 31.5 Å². The molecule has 1 aromatic carbocycles. The van der Waals surface area contributed by atoms with E-state index in [1.807, 2.05) is 6.92 Å². The zero-order valence-electron chi connectivity index (χ0n) is 11.5. The lowest BCUT2D eigenvalue weighted by molar-refractivity contribution is -0.138. The SMILES string of the molecule is COc1cc(OC2(C)CCNCC2)ccc1C(F)(F)F. The quantitative estimate of drug-likeness (QED) is 0.926. The maximum atomic E-state index is 12.8. The Morgan fingerprint density at radius 2 is 1.85 bits per heavy atom. The predicted octanol–water partition coefficient (Wildman–Crippen LogP) is 3.23. The molecule has 0 bridgehead atoms. The Balaban J connectivity index is 2.21. The van der Waals surface area contributed by atoms with Crippen LogP contribution >= 0.6 is 0 Å². The van der Waals surface area contributed by atoms with Crippen LogP contribution in [0.5, 0.6) is 11.5 Å². The van der Waals surface area contributed by atoms with Gasteiger partial charge in [-0.2, -0.15) is 13.2 Å². The normalized spacial score (nSPS) is 18.6. The summed E-state index contributed by atoms with van der Waals surface area (Å²) in [7, 11) is 1.22. The molecule has 1 heterocycles. The maximum Gasteiger partial charge on any atom is 0.419 e. The molecule has 0 radical (unpaired) electrons. The van der Waals surface area contributed by atoms with Crippen LogP contribution in [-0.2, 0) is 6.18 Å². The Kier molecular flexibility index (Phi) is 4.13. The highest BCUT2D eigenvalue weighted by molar-refractivity contribution is 5.42. The molecule has 1 aliphatic rings. The third-order valence-corrected chi connectivity index (χ3v) is 3.50. The Hall–Kier alpha value is -1.43. The van der Waals surface area contributed by atoms with Crippen molar-refractivity contribution in [1.29, 1.82) is 0 Å². The van der Waals surface area contributed by atoms with E-state index < -0.39 is 11.7 Å². The molecular weight excluding hydrogens is 271 g/mol. The van der Waals surface area contributed by atoms with Crippen LogP contribution < -0.4 is 14.8 Å². The second-order valence-corrected chi connectivity index (χ2v) is 5.16. The van der Waals surface area contributed by atoms with Crippen molar-refractivity contribution in [1.82, 2.24) is 5.32 Å². The van der Waals surface area contributed by atoms with Crippen molar-refractivity contribution in [3.63, 3.8) is 0 Å². The molecule has 0 spiro atoms. The van der Waals surface area contributed by atoms with Crippen LogP contribution in [0.1, 0.15) is 25.3 Å². The summed E-state index contributed by atoms with van der Waals surface area (Å²) in [6.45, 7) is 3.65. The highest BCUT2D eigenvalue weighted by atomic mass is 19.4. The molecule has 1 aliphatic heterocycles. The number of benzene rings is 1.